The van der Waals surface area contributed by atoms with E-state index in [1.54, 1.807) is 6.07 Å². The van der Waals surface area contributed by atoms with Crippen LogP contribution in [0.25, 0.3) is 22.0 Å². The molecular formula is C23H16ClF3N2O5S. The van der Waals surface area contributed by atoms with Gasteiger partial charge >= 0.3 is 12.3 Å². The number of aryl methyl sites for hydroxylation is 1. The van der Waals surface area contributed by atoms with Gasteiger partial charge in [0.2, 0.25) is 0 Å². The van der Waals surface area contributed by atoms with Gasteiger partial charge in [-0.25, -0.2) is 12.4 Å². The summed E-state index contributed by atoms with van der Waals surface area (Å²) in [4.78, 5) is 14.9. The van der Waals surface area contributed by atoms with Crippen LogP contribution in [0.1, 0.15) is 12.0 Å². The second-order valence-corrected chi connectivity index (χ2v) is 9.74. The number of alkyl halides is 3. The van der Waals surface area contributed by atoms with Gasteiger partial charge in [0.15, 0.2) is 0 Å². The van der Waals surface area contributed by atoms with E-state index < -0.39 is 28.1 Å². The minimum absolute atomic E-state index is 0.0966. The summed E-state index contributed by atoms with van der Waals surface area (Å²) in [5.74, 6) is -1.44. The van der Waals surface area contributed by atoms with Gasteiger partial charge in [0.25, 0.3) is 10.0 Å². The van der Waals surface area contributed by atoms with Crippen LogP contribution in [0.3, 0.4) is 0 Å². The number of benzene rings is 2. The number of ether oxygens (including phenoxy) is 1. The van der Waals surface area contributed by atoms with Crippen molar-refractivity contribution >= 4 is 38.5 Å². The Labute approximate surface area is 202 Å². The number of fused-ring (bicyclic) bond motifs is 1. The number of hydrogen-bond donors (Lipinski definition) is 1. The lowest BCUT2D eigenvalue weighted by molar-refractivity contribution is -0.274. The van der Waals surface area contributed by atoms with Crippen LogP contribution in [0, 0.1) is 0 Å². The number of carbonyl (C=O) groups is 1. The Morgan fingerprint density at radius 1 is 1.06 bits per heavy atom. The quantitative estimate of drug-likeness (QED) is 0.342. The molecule has 0 saturated heterocycles. The zero-order valence-corrected chi connectivity index (χ0v) is 19.2. The molecule has 2 aromatic carbocycles. The smallest absolute Gasteiger partial charge is 0.481 e. The van der Waals surface area contributed by atoms with Crippen molar-refractivity contribution in [2.45, 2.75) is 24.1 Å². The molecule has 4 rings (SSSR count). The number of rotatable bonds is 7. The third kappa shape index (κ3) is 5.41. The first-order valence-corrected chi connectivity index (χ1v) is 11.8. The van der Waals surface area contributed by atoms with Crippen LogP contribution in [0.5, 0.6) is 5.75 Å². The molecule has 0 radical (unpaired) electrons. The average Bonchev–Trinajstić information content (AvgIpc) is 3.15. The number of aliphatic carboxylic acids is 1. The van der Waals surface area contributed by atoms with E-state index in [9.17, 15) is 26.4 Å². The monoisotopic (exact) mass is 524 g/mol. The van der Waals surface area contributed by atoms with E-state index >= 15 is 0 Å². The number of carboxylic acid groups (broad SMARTS) is 1. The highest BCUT2D eigenvalue weighted by Gasteiger charge is 2.31. The maximum absolute atomic E-state index is 13.5. The summed E-state index contributed by atoms with van der Waals surface area (Å²) in [6.45, 7) is 0. The van der Waals surface area contributed by atoms with E-state index in [-0.39, 0.29) is 17.7 Å². The van der Waals surface area contributed by atoms with E-state index in [1.807, 2.05) is 0 Å². The highest BCUT2D eigenvalue weighted by Crippen LogP contribution is 2.31. The Kier molecular flexibility index (Phi) is 6.48. The molecule has 0 saturated carbocycles. The lowest BCUT2D eigenvalue weighted by atomic mass is 10.1. The van der Waals surface area contributed by atoms with Crippen LogP contribution in [0.15, 0.2) is 72.0 Å². The number of pyridine rings is 1. The summed E-state index contributed by atoms with van der Waals surface area (Å²) in [5, 5.41) is 9.91. The van der Waals surface area contributed by atoms with Gasteiger partial charge in [-0.2, -0.15) is 0 Å². The molecule has 7 nitrogen and oxygen atoms in total. The molecule has 35 heavy (non-hydrogen) atoms. The topological polar surface area (TPSA) is 98.5 Å². The van der Waals surface area contributed by atoms with Crippen molar-refractivity contribution in [3.05, 3.63) is 77.7 Å². The van der Waals surface area contributed by atoms with Gasteiger partial charge in [0.05, 0.1) is 5.52 Å². The Morgan fingerprint density at radius 3 is 2.43 bits per heavy atom. The molecule has 2 heterocycles. The molecule has 0 aliphatic heterocycles. The first-order valence-electron chi connectivity index (χ1n) is 10.0. The SMILES string of the molecule is O=C(O)CCc1cn(S(=O)(=O)c2cncc(-c3ccc(OC(F)(F)F)cc3)c2)c2ccc(Cl)cc12. The number of aromatic nitrogens is 2. The Bertz CT molecular complexity index is 1520. The van der Waals surface area contributed by atoms with Gasteiger partial charge < -0.3 is 9.84 Å². The van der Waals surface area contributed by atoms with Crippen molar-refractivity contribution in [1.29, 1.82) is 0 Å². The summed E-state index contributed by atoms with van der Waals surface area (Å²) in [6.07, 6.45) is -1.04. The largest absolute Gasteiger partial charge is 0.573 e. The second-order valence-electron chi connectivity index (χ2n) is 7.49. The van der Waals surface area contributed by atoms with E-state index in [4.69, 9.17) is 16.7 Å². The Hall–Kier alpha value is -3.57. The fourth-order valence-electron chi connectivity index (χ4n) is 3.56. The fourth-order valence-corrected chi connectivity index (χ4v) is 5.11. The van der Waals surface area contributed by atoms with E-state index in [2.05, 4.69) is 9.72 Å². The lowest BCUT2D eigenvalue weighted by Crippen LogP contribution is -2.16. The van der Waals surface area contributed by atoms with Crippen molar-refractivity contribution in [2.24, 2.45) is 0 Å². The van der Waals surface area contributed by atoms with Crippen molar-refractivity contribution in [2.75, 3.05) is 0 Å². The first-order chi connectivity index (χ1) is 16.4. The van der Waals surface area contributed by atoms with Crippen LogP contribution in [0.2, 0.25) is 5.02 Å². The predicted octanol–water partition coefficient (Wildman–Crippen LogP) is 5.51. The summed E-state index contributed by atoms with van der Waals surface area (Å²) in [5.41, 5.74) is 1.59. The van der Waals surface area contributed by atoms with Crippen molar-refractivity contribution in [3.63, 3.8) is 0 Å². The average molecular weight is 525 g/mol. The summed E-state index contributed by atoms with van der Waals surface area (Å²) in [6, 6.07) is 10.9. The molecule has 0 atom stereocenters. The molecule has 0 fully saturated rings. The van der Waals surface area contributed by atoms with E-state index in [0.29, 0.717) is 32.6 Å². The van der Waals surface area contributed by atoms with Gasteiger partial charge in [-0.05, 0) is 53.9 Å². The van der Waals surface area contributed by atoms with Crippen LogP contribution >= 0.6 is 11.6 Å². The maximum atomic E-state index is 13.5. The third-order valence-corrected chi connectivity index (χ3v) is 6.99. The van der Waals surface area contributed by atoms with Crippen LogP contribution in [-0.2, 0) is 21.2 Å². The molecule has 182 valence electrons. The fraction of sp³-hybridized carbons (Fsp3) is 0.130. The summed E-state index contributed by atoms with van der Waals surface area (Å²) in [7, 11) is -4.17. The van der Waals surface area contributed by atoms with Crippen molar-refractivity contribution in [3.8, 4) is 16.9 Å². The van der Waals surface area contributed by atoms with E-state index in [1.165, 1.54) is 42.7 Å². The van der Waals surface area contributed by atoms with Gasteiger partial charge in [0, 0.05) is 41.0 Å². The number of hydrogen-bond acceptors (Lipinski definition) is 5. The molecule has 0 aliphatic carbocycles. The molecule has 4 aromatic rings. The van der Waals surface area contributed by atoms with Gasteiger partial charge in [-0.15, -0.1) is 13.2 Å². The lowest BCUT2D eigenvalue weighted by Gasteiger charge is -2.11. The zero-order chi connectivity index (χ0) is 25.4. The molecule has 0 bridgehead atoms. The van der Waals surface area contributed by atoms with Crippen LogP contribution in [-0.4, -0.2) is 34.8 Å². The van der Waals surface area contributed by atoms with Gasteiger partial charge in [-0.3, -0.25) is 9.78 Å². The third-order valence-electron chi connectivity index (χ3n) is 5.11. The van der Waals surface area contributed by atoms with Crippen molar-refractivity contribution in [1.82, 2.24) is 8.96 Å². The van der Waals surface area contributed by atoms with Crippen LogP contribution < -0.4 is 4.74 Å². The van der Waals surface area contributed by atoms with Crippen LogP contribution in [0.4, 0.5) is 13.2 Å². The summed E-state index contributed by atoms with van der Waals surface area (Å²) >= 11 is 6.07. The number of halogens is 4. The highest BCUT2D eigenvalue weighted by atomic mass is 35.5. The first kappa shape index (κ1) is 24.6. The number of carboxylic acids is 1. The van der Waals surface area contributed by atoms with E-state index in [0.717, 1.165) is 22.3 Å². The molecule has 0 amide bonds. The predicted molar refractivity (Wildman–Crippen MR) is 122 cm³/mol. The molecule has 0 aliphatic rings. The van der Waals surface area contributed by atoms with Gasteiger partial charge in [0.1, 0.15) is 10.6 Å². The molecule has 0 spiro atoms. The standard InChI is InChI=1S/C23H16ClF3N2O5S/c24-17-4-7-21-20(10-17)15(3-8-22(30)31)13-29(21)35(32,33)19-9-16(11-28-12-19)14-1-5-18(6-2-14)34-23(25,26)27/h1-2,4-7,9-13H,3,8H2,(H,30,31). The number of nitrogens with zero attached hydrogens (tertiary/aromatic N) is 2. The molecule has 1 N–H and O–H groups in total. The Balaban J connectivity index is 1.73. The Morgan fingerprint density at radius 2 is 1.77 bits per heavy atom. The second kappa shape index (κ2) is 9.23. The molecular weight excluding hydrogens is 509 g/mol. The summed E-state index contributed by atoms with van der Waals surface area (Å²) < 4.78 is 69.1. The highest BCUT2D eigenvalue weighted by molar-refractivity contribution is 7.90. The van der Waals surface area contributed by atoms with Crippen molar-refractivity contribution < 1.29 is 36.2 Å². The minimum Gasteiger partial charge on any atom is -0.481 e. The maximum Gasteiger partial charge on any atom is 0.573 e. The molecule has 0 unspecified atom stereocenters. The minimum atomic E-state index is -4.83. The zero-order valence-electron chi connectivity index (χ0n) is 17.7. The molecule has 12 heteroatoms. The normalized spacial score (nSPS) is 12.1. The molecule has 2 aromatic heterocycles. The van der Waals surface area contributed by atoms with Gasteiger partial charge in [-0.1, -0.05) is 23.7 Å².